The number of carbonyl (C=O) groups excluding carboxylic acids is 1. The molecule has 0 saturated heterocycles. The summed E-state index contributed by atoms with van der Waals surface area (Å²) in [5, 5.41) is 2.91. The van der Waals surface area contributed by atoms with E-state index in [-0.39, 0.29) is 11.8 Å². The quantitative estimate of drug-likeness (QED) is 0.768. The van der Waals surface area contributed by atoms with Crippen LogP contribution in [0.3, 0.4) is 0 Å². The summed E-state index contributed by atoms with van der Waals surface area (Å²) in [5.41, 5.74) is 0.611. The first-order chi connectivity index (χ1) is 7.63. The van der Waals surface area contributed by atoms with Crippen molar-refractivity contribution in [3.63, 3.8) is 0 Å². The largest absolute Gasteiger partial charge is 0.493 e. The molecular formula is C12H17NO3. The number of likely N-dealkylation sites (N-methyl/N-ethyl adjacent to an activating group) is 1. The van der Waals surface area contributed by atoms with Crippen LogP contribution in [0.2, 0.25) is 0 Å². The minimum atomic E-state index is -0.210. The first kappa shape index (κ1) is 12.5. The summed E-state index contributed by atoms with van der Waals surface area (Å²) in [6, 6.07) is 4.94. The Morgan fingerprint density at radius 2 is 1.88 bits per heavy atom. The van der Waals surface area contributed by atoms with E-state index in [1.54, 1.807) is 39.5 Å². The lowest BCUT2D eigenvalue weighted by Crippen LogP contribution is -2.30. The maximum atomic E-state index is 11.9. The number of methoxy groups -OCH3 is 2. The fourth-order valence-electron chi connectivity index (χ4n) is 1.37. The molecule has 4 nitrogen and oxygen atoms in total. The van der Waals surface area contributed by atoms with Gasteiger partial charge in [0.15, 0.2) is 17.3 Å². The molecule has 1 aromatic rings. The third-order valence-electron chi connectivity index (χ3n) is 2.49. The van der Waals surface area contributed by atoms with Crippen molar-refractivity contribution in [2.75, 3.05) is 21.3 Å². The van der Waals surface area contributed by atoms with Crippen molar-refractivity contribution in [2.45, 2.75) is 13.0 Å². The normalized spacial score (nSPS) is 12.0. The Kier molecular flexibility index (Phi) is 4.31. The number of hydrogen-bond acceptors (Lipinski definition) is 4. The van der Waals surface area contributed by atoms with Crippen LogP contribution in [0.4, 0.5) is 0 Å². The Bertz CT molecular complexity index is 377. The number of hydrogen-bond donors (Lipinski definition) is 1. The van der Waals surface area contributed by atoms with Crippen LogP contribution in [-0.2, 0) is 0 Å². The Hall–Kier alpha value is -1.55. The molecule has 0 aliphatic rings. The molecule has 0 aliphatic heterocycles. The van der Waals surface area contributed by atoms with Gasteiger partial charge in [0.05, 0.1) is 20.3 Å². The molecule has 0 radical (unpaired) electrons. The first-order valence-electron chi connectivity index (χ1n) is 5.07. The van der Waals surface area contributed by atoms with Gasteiger partial charge in [0, 0.05) is 5.56 Å². The van der Waals surface area contributed by atoms with E-state index in [0.717, 1.165) is 0 Å². The summed E-state index contributed by atoms with van der Waals surface area (Å²) in [5.74, 6) is 1.22. The molecule has 0 aromatic heterocycles. The van der Waals surface area contributed by atoms with E-state index in [0.29, 0.717) is 17.1 Å². The smallest absolute Gasteiger partial charge is 0.179 e. The maximum absolute atomic E-state index is 11.9. The Morgan fingerprint density at radius 1 is 1.25 bits per heavy atom. The van der Waals surface area contributed by atoms with Gasteiger partial charge in [0.1, 0.15) is 0 Å². The lowest BCUT2D eigenvalue weighted by molar-refractivity contribution is 0.0954. The van der Waals surface area contributed by atoms with Crippen molar-refractivity contribution in [2.24, 2.45) is 0 Å². The van der Waals surface area contributed by atoms with Gasteiger partial charge < -0.3 is 14.8 Å². The van der Waals surface area contributed by atoms with E-state index in [1.165, 1.54) is 0 Å². The zero-order chi connectivity index (χ0) is 12.1. The van der Waals surface area contributed by atoms with Crippen molar-refractivity contribution >= 4 is 5.78 Å². The van der Waals surface area contributed by atoms with E-state index in [1.807, 2.05) is 6.92 Å². The molecule has 1 aromatic carbocycles. The van der Waals surface area contributed by atoms with E-state index in [9.17, 15) is 4.79 Å². The van der Waals surface area contributed by atoms with Gasteiger partial charge in [-0.25, -0.2) is 0 Å². The molecule has 88 valence electrons. The standard InChI is InChI=1S/C12H17NO3/c1-8(13-2)12(14)9-5-6-10(15-3)11(7-9)16-4/h5-8,13H,1-4H3. The number of Topliss-reactive ketones (excluding diaryl/α,β-unsaturated/α-hetero) is 1. The van der Waals surface area contributed by atoms with Crippen LogP contribution in [-0.4, -0.2) is 33.1 Å². The van der Waals surface area contributed by atoms with Crippen LogP contribution in [0.5, 0.6) is 11.5 Å². The van der Waals surface area contributed by atoms with Crippen molar-refractivity contribution in [3.8, 4) is 11.5 Å². The minimum Gasteiger partial charge on any atom is -0.493 e. The van der Waals surface area contributed by atoms with Gasteiger partial charge in [-0.15, -0.1) is 0 Å². The van der Waals surface area contributed by atoms with Gasteiger partial charge in [-0.1, -0.05) is 0 Å². The molecule has 16 heavy (non-hydrogen) atoms. The summed E-state index contributed by atoms with van der Waals surface area (Å²) >= 11 is 0. The fraction of sp³-hybridized carbons (Fsp3) is 0.417. The van der Waals surface area contributed by atoms with Gasteiger partial charge in [-0.3, -0.25) is 4.79 Å². The SMILES string of the molecule is CNC(C)C(=O)c1ccc(OC)c(OC)c1. The third-order valence-corrected chi connectivity index (χ3v) is 2.49. The summed E-state index contributed by atoms with van der Waals surface area (Å²) in [4.78, 5) is 11.9. The number of benzene rings is 1. The van der Waals surface area contributed by atoms with Gasteiger partial charge in [0.25, 0.3) is 0 Å². The number of ketones is 1. The predicted molar refractivity (Wildman–Crippen MR) is 62.4 cm³/mol. The van der Waals surface area contributed by atoms with Crippen molar-refractivity contribution in [1.29, 1.82) is 0 Å². The average Bonchev–Trinajstić information content (AvgIpc) is 2.35. The molecule has 0 bridgehead atoms. The minimum absolute atomic E-state index is 0.0310. The number of rotatable bonds is 5. The lowest BCUT2D eigenvalue weighted by Gasteiger charge is -2.12. The molecule has 0 aliphatic carbocycles. The van der Waals surface area contributed by atoms with Gasteiger partial charge >= 0.3 is 0 Å². The summed E-state index contributed by atoms with van der Waals surface area (Å²) in [6.45, 7) is 1.82. The molecule has 0 fully saturated rings. The fourth-order valence-corrected chi connectivity index (χ4v) is 1.37. The predicted octanol–water partition coefficient (Wildman–Crippen LogP) is 1.49. The Balaban J connectivity index is 3.03. The molecule has 1 atom stereocenters. The number of carbonyl (C=O) groups is 1. The van der Waals surface area contributed by atoms with Gasteiger partial charge in [0.2, 0.25) is 0 Å². The van der Waals surface area contributed by atoms with E-state index in [4.69, 9.17) is 9.47 Å². The molecular weight excluding hydrogens is 206 g/mol. The monoisotopic (exact) mass is 223 g/mol. The van der Waals surface area contributed by atoms with Crippen LogP contribution in [0.1, 0.15) is 17.3 Å². The molecule has 1 unspecified atom stereocenters. The summed E-state index contributed by atoms with van der Waals surface area (Å²) in [6.07, 6.45) is 0. The Labute approximate surface area is 95.6 Å². The molecule has 4 heteroatoms. The zero-order valence-electron chi connectivity index (χ0n) is 10.0. The highest BCUT2D eigenvalue weighted by atomic mass is 16.5. The highest BCUT2D eigenvalue weighted by molar-refractivity contribution is 6.00. The summed E-state index contributed by atoms with van der Waals surface area (Å²) < 4.78 is 10.2. The van der Waals surface area contributed by atoms with Crippen LogP contribution in [0, 0.1) is 0 Å². The van der Waals surface area contributed by atoms with Crippen molar-refractivity contribution < 1.29 is 14.3 Å². The molecule has 1 N–H and O–H groups in total. The van der Waals surface area contributed by atoms with E-state index >= 15 is 0 Å². The molecule has 0 heterocycles. The average molecular weight is 223 g/mol. The van der Waals surface area contributed by atoms with Gasteiger partial charge in [-0.05, 0) is 32.2 Å². The van der Waals surface area contributed by atoms with E-state index in [2.05, 4.69) is 5.32 Å². The molecule has 1 rings (SSSR count). The van der Waals surface area contributed by atoms with Crippen LogP contribution in [0.25, 0.3) is 0 Å². The van der Waals surface area contributed by atoms with E-state index < -0.39 is 0 Å². The van der Waals surface area contributed by atoms with Crippen molar-refractivity contribution in [3.05, 3.63) is 23.8 Å². The second kappa shape index (κ2) is 5.51. The highest BCUT2D eigenvalue weighted by Gasteiger charge is 2.15. The third kappa shape index (κ3) is 2.52. The Morgan fingerprint density at radius 3 is 2.38 bits per heavy atom. The second-order valence-corrected chi connectivity index (χ2v) is 3.44. The van der Waals surface area contributed by atoms with Gasteiger partial charge in [-0.2, -0.15) is 0 Å². The number of nitrogens with one attached hydrogen (secondary N) is 1. The van der Waals surface area contributed by atoms with Crippen LogP contribution in [0.15, 0.2) is 18.2 Å². The molecule has 0 spiro atoms. The summed E-state index contributed by atoms with van der Waals surface area (Å²) in [7, 11) is 4.87. The lowest BCUT2D eigenvalue weighted by atomic mass is 10.1. The molecule has 0 saturated carbocycles. The first-order valence-corrected chi connectivity index (χ1v) is 5.07. The van der Waals surface area contributed by atoms with Crippen LogP contribution >= 0.6 is 0 Å². The topological polar surface area (TPSA) is 47.6 Å². The van der Waals surface area contributed by atoms with Crippen molar-refractivity contribution in [1.82, 2.24) is 5.32 Å². The highest BCUT2D eigenvalue weighted by Crippen LogP contribution is 2.27. The zero-order valence-corrected chi connectivity index (χ0v) is 10.0. The second-order valence-electron chi connectivity index (χ2n) is 3.44. The number of ether oxygens (including phenoxy) is 2. The maximum Gasteiger partial charge on any atom is 0.179 e. The molecule has 0 amide bonds. The van der Waals surface area contributed by atoms with Crippen LogP contribution < -0.4 is 14.8 Å².